The van der Waals surface area contributed by atoms with E-state index in [2.05, 4.69) is 20.6 Å². The lowest BCUT2D eigenvalue weighted by Crippen LogP contribution is -2.10. The minimum Gasteiger partial charge on any atom is -0.421 e. The number of rotatable bonds is 4. The molecule has 0 bridgehead atoms. The lowest BCUT2D eigenvalue weighted by atomic mass is 10.2. The zero-order chi connectivity index (χ0) is 20.2. The Kier molecular flexibility index (Phi) is 4.54. The van der Waals surface area contributed by atoms with Crippen LogP contribution in [0.2, 0.25) is 0 Å². The van der Waals surface area contributed by atoms with Crippen LogP contribution in [-0.2, 0) is 0 Å². The molecule has 0 atom stereocenters. The van der Waals surface area contributed by atoms with E-state index in [4.69, 9.17) is 14.9 Å². The number of benzene rings is 2. The summed E-state index contributed by atoms with van der Waals surface area (Å²) < 4.78 is 6.77. The third-order valence-electron chi connectivity index (χ3n) is 4.00. The molecule has 0 amide bonds. The van der Waals surface area contributed by atoms with Crippen LogP contribution in [0.25, 0.3) is 28.0 Å². The molecule has 0 spiro atoms. The van der Waals surface area contributed by atoms with Crippen LogP contribution in [0, 0.1) is 22.7 Å². The molecule has 2 aromatic carbocycles. The summed E-state index contributed by atoms with van der Waals surface area (Å²) in [5.41, 5.74) is 3.51. The molecule has 0 aliphatic carbocycles. The van der Waals surface area contributed by atoms with Crippen LogP contribution >= 0.6 is 0 Å². The van der Waals surface area contributed by atoms with Gasteiger partial charge < -0.3 is 4.42 Å². The number of nitrogens with one attached hydrogen (secondary N) is 1. The van der Waals surface area contributed by atoms with Gasteiger partial charge in [-0.2, -0.15) is 15.6 Å². The molecule has 1 N–H and O–H groups in total. The molecule has 4 rings (SSSR count). The second-order valence-corrected chi connectivity index (χ2v) is 5.85. The Balaban J connectivity index is 1.68. The summed E-state index contributed by atoms with van der Waals surface area (Å²) in [5, 5.41) is 26.1. The Morgan fingerprint density at radius 1 is 1.10 bits per heavy atom. The highest BCUT2D eigenvalue weighted by atomic mass is 16.4. The molecule has 2 heterocycles. The highest BCUT2D eigenvalue weighted by Crippen LogP contribution is 2.21. The van der Waals surface area contributed by atoms with Crippen LogP contribution in [-0.4, -0.2) is 20.5 Å². The lowest BCUT2D eigenvalue weighted by Gasteiger charge is -2.04. The van der Waals surface area contributed by atoms with Gasteiger partial charge in [0.15, 0.2) is 11.5 Å². The molecule has 0 unspecified atom stereocenters. The maximum absolute atomic E-state index is 12.5. The molecule has 138 valence electrons. The number of hydrogen-bond donors (Lipinski definition) is 1. The number of hydrogen-bond acceptors (Lipinski definition) is 8. The predicted molar refractivity (Wildman–Crippen MR) is 105 cm³/mol. The lowest BCUT2D eigenvalue weighted by molar-refractivity contribution is 0.552. The van der Waals surface area contributed by atoms with Crippen LogP contribution in [0.4, 0.5) is 5.69 Å². The van der Waals surface area contributed by atoms with Crippen molar-refractivity contribution in [1.29, 1.82) is 10.5 Å². The smallest absolute Gasteiger partial charge is 0.362 e. The summed E-state index contributed by atoms with van der Waals surface area (Å²) in [5.74, 6) is 0.494. The standard InChI is InChI=1S/C20H11N7O2/c21-10-16(11-22)25-24-15-7-6-14-8-17(20(28)29-18(14)9-15)27-12-23-19(26-27)13-4-2-1-3-5-13/h1-9,12,24H. The van der Waals surface area contributed by atoms with Gasteiger partial charge in [0.1, 0.15) is 24.0 Å². The summed E-state index contributed by atoms with van der Waals surface area (Å²) in [7, 11) is 0. The Hall–Kier alpha value is -4.76. The van der Waals surface area contributed by atoms with Gasteiger partial charge in [0.25, 0.3) is 0 Å². The van der Waals surface area contributed by atoms with E-state index in [1.165, 1.54) is 11.0 Å². The molecule has 0 saturated heterocycles. The number of anilines is 1. The zero-order valence-electron chi connectivity index (χ0n) is 14.8. The van der Waals surface area contributed by atoms with E-state index in [1.807, 2.05) is 30.3 Å². The fraction of sp³-hybridized carbons (Fsp3) is 0. The molecule has 9 heteroatoms. The number of fused-ring (bicyclic) bond motifs is 1. The van der Waals surface area contributed by atoms with Gasteiger partial charge in [-0.25, -0.2) is 14.5 Å². The summed E-state index contributed by atoms with van der Waals surface area (Å²) in [6.07, 6.45) is 1.45. The average molecular weight is 381 g/mol. The first-order chi connectivity index (χ1) is 14.2. The van der Waals surface area contributed by atoms with Crippen molar-refractivity contribution in [3.05, 3.63) is 71.3 Å². The highest BCUT2D eigenvalue weighted by molar-refractivity contribution is 6.10. The minimum absolute atomic E-state index is 0.224. The molecule has 29 heavy (non-hydrogen) atoms. The van der Waals surface area contributed by atoms with Gasteiger partial charge in [0.05, 0.1) is 5.69 Å². The van der Waals surface area contributed by atoms with Gasteiger partial charge in [-0.1, -0.05) is 30.3 Å². The van der Waals surface area contributed by atoms with Crippen molar-refractivity contribution in [3.8, 4) is 29.2 Å². The van der Waals surface area contributed by atoms with Gasteiger partial charge in [-0.3, -0.25) is 5.43 Å². The zero-order valence-corrected chi connectivity index (χ0v) is 14.8. The summed E-state index contributed by atoms with van der Waals surface area (Å²) in [6.45, 7) is 0. The predicted octanol–water partition coefficient (Wildman–Crippen LogP) is 2.86. The Labute approximate surface area is 163 Å². The maximum Gasteiger partial charge on any atom is 0.362 e. The molecular formula is C20H11N7O2. The van der Waals surface area contributed by atoms with E-state index in [9.17, 15) is 4.79 Å². The summed E-state index contributed by atoms with van der Waals surface area (Å²) in [6, 6.07) is 19.3. The highest BCUT2D eigenvalue weighted by Gasteiger charge is 2.11. The van der Waals surface area contributed by atoms with Crippen LogP contribution in [0.15, 0.2) is 75.2 Å². The first kappa shape index (κ1) is 17.6. The molecular weight excluding hydrogens is 370 g/mol. The van der Waals surface area contributed by atoms with Crippen molar-refractivity contribution < 1.29 is 4.42 Å². The van der Waals surface area contributed by atoms with Crippen LogP contribution in [0.5, 0.6) is 0 Å². The topological polar surface area (TPSA) is 133 Å². The Morgan fingerprint density at radius 3 is 2.66 bits per heavy atom. The van der Waals surface area contributed by atoms with Crippen molar-refractivity contribution in [2.24, 2.45) is 5.10 Å². The maximum atomic E-state index is 12.5. The fourth-order valence-corrected chi connectivity index (χ4v) is 2.62. The third kappa shape index (κ3) is 3.56. The van der Waals surface area contributed by atoms with E-state index in [-0.39, 0.29) is 11.4 Å². The van der Waals surface area contributed by atoms with E-state index < -0.39 is 5.63 Å². The number of nitrogens with zero attached hydrogens (tertiary/aromatic N) is 6. The van der Waals surface area contributed by atoms with Crippen molar-refractivity contribution in [2.75, 3.05) is 5.43 Å². The number of aromatic nitrogens is 3. The van der Waals surface area contributed by atoms with E-state index in [1.54, 1.807) is 36.4 Å². The quantitative estimate of drug-likeness (QED) is 0.326. The van der Waals surface area contributed by atoms with Crippen LogP contribution in [0.1, 0.15) is 0 Å². The van der Waals surface area contributed by atoms with Gasteiger partial charge in [-0.15, -0.1) is 5.10 Å². The van der Waals surface area contributed by atoms with Crippen molar-refractivity contribution >= 4 is 22.4 Å². The normalized spacial score (nSPS) is 10.1. The van der Waals surface area contributed by atoms with Crippen molar-refractivity contribution in [2.45, 2.75) is 0 Å². The average Bonchev–Trinajstić information content (AvgIpc) is 3.24. The molecule has 2 aromatic heterocycles. The van der Waals surface area contributed by atoms with Crippen molar-refractivity contribution in [3.63, 3.8) is 0 Å². The van der Waals surface area contributed by atoms with E-state index in [0.29, 0.717) is 22.5 Å². The Bertz CT molecular complexity index is 1360. The first-order valence-corrected chi connectivity index (χ1v) is 8.37. The summed E-state index contributed by atoms with van der Waals surface area (Å²) >= 11 is 0. The molecule has 9 nitrogen and oxygen atoms in total. The van der Waals surface area contributed by atoms with Crippen molar-refractivity contribution in [1.82, 2.24) is 14.8 Å². The van der Waals surface area contributed by atoms with Gasteiger partial charge >= 0.3 is 5.63 Å². The summed E-state index contributed by atoms with van der Waals surface area (Å²) in [4.78, 5) is 16.7. The first-order valence-electron chi connectivity index (χ1n) is 8.37. The second-order valence-electron chi connectivity index (χ2n) is 5.85. The van der Waals surface area contributed by atoms with Crippen LogP contribution < -0.4 is 11.1 Å². The largest absolute Gasteiger partial charge is 0.421 e. The minimum atomic E-state index is -0.586. The molecule has 0 aliphatic rings. The van der Waals surface area contributed by atoms with Gasteiger partial charge in [-0.05, 0) is 18.2 Å². The van der Waals surface area contributed by atoms with Gasteiger partial charge in [0.2, 0.25) is 5.71 Å². The second kappa shape index (κ2) is 7.47. The molecule has 0 aliphatic heterocycles. The third-order valence-corrected chi connectivity index (χ3v) is 4.00. The van der Waals surface area contributed by atoms with Gasteiger partial charge in [0, 0.05) is 17.0 Å². The SMILES string of the molecule is N#CC(C#N)=NNc1ccc2cc(-n3cnc(-c4ccccc4)n3)c(=O)oc2c1. The molecule has 0 radical (unpaired) electrons. The van der Waals surface area contributed by atoms with E-state index >= 15 is 0 Å². The monoisotopic (exact) mass is 381 g/mol. The molecule has 4 aromatic rings. The fourth-order valence-electron chi connectivity index (χ4n) is 2.62. The number of hydrazone groups is 1. The number of nitriles is 2. The molecule has 0 fully saturated rings. The van der Waals surface area contributed by atoms with Crippen LogP contribution in [0.3, 0.4) is 0 Å². The van der Waals surface area contributed by atoms with E-state index in [0.717, 1.165) is 5.56 Å². The molecule has 0 saturated carbocycles. The Morgan fingerprint density at radius 2 is 1.90 bits per heavy atom.